The van der Waals surface area contributed by atoms with Crippen LogP contribution in [-0.4, -0.2) is 20.5 Å². The molecule has 92 valence electrons. The van der Waals surface area contributed by atoms with Gasteiger partial charge in [-0.1, -0.05) is 13.8 Å². The van der Waals surface area contributed by atoms with Gasteiger partial charge in [0.25, 0.3) is 0 Å². The summed E-state index contributed by atoms with van der Waals surface area (Å²) in [5.74, 6) is 0. The Labute approximate surface area is 91.9 Å². The molecule has 16 heavy (non-hydrogen) atoms. The summed E-state index contributed by atoms with van der Waals surface area (Å²) in [6, 6.07) is 0. The first-order valence-electron chi connectivity index (χ1n) is 5.13. The van der Waals surface area contributed by atoms with E-state index in [4.69, 9.17) is 0 Å². The van der Waals surface area contributed by atoms with Gasteiger partial charge in [-0.3, -0.25) is 4.68 Å². The van der Waals surface area contributed by atoms with Crippen molar-refractivity contribution in [1.29, 1.82) is 0 Å². The highest BCUT2D eigenvalue weighted by atomic mass is 19.4. The van der Waals surface area contributed by atoms with E-state index in [0.717, 1.165) is 17.1 Å². The van der Waals surface area contributed by atoms with Crippen LogP contribution >= 0.6 is 0 Å². The summed E-state index contributed by atoms with van der Waals surface area (Å²) in [5, 5.41) is 13.6. The highest BCUT2D eigenvalue weighted by molar-refractivity contribution is 5.08. The van der Waals surface area contributed by atoms with E-state index in [1.165, 1.54) is 0 Å². The summed E-state index contributed by atoms with van der Waals surface area (Å²) in [4.78, 5) is 0. The molecule has 0 atom stereocenters. The van der Waals surface area contributed by atoms with E-state index in [-0.39, 0.29) is 6.54 Å². The largest absolute Gasteiger partial charge is 0.419 e. The Morgan fingerprint density at radius 2 is 1.88 bits per heavy atom. The first kappa shape index (κ1) is 13.0. The van der Waals surface area contributed by atoms with Crippen LogP contribution in [0.5, 0.6) is 0 Å². The van der Waals surface area contributed by atoms with Crippen LogP contribution in [-0.2, 0) is 12.7 Å². The van der Waals surface area contributed by atoms with Crippen LogP contribution in [0.1, 0.15) is 32.3 Å². The van der Waals surface area contributed by atoms with Gasteiger partial charge in [0.1, 0.15) is 0 Å². The second kappa shape index (κ2) is 4.45. The van der Waals surface area contributed by atoms with E-state index >= 15 is 0 Å². The van der Waals surface area contributed by atoms with E-state index in [1.807, 2.05) is 0 Å². The van der Waals surface area contributed by atoms with Crippen LogP contribution in [0.2, 0.25) is 0 Å². The van der Waals surface area contributed by atoms with Crippen molar-refractivity contribution in [2.24, 2.45) is 0 Å². The molecule has 1 aromatic rings. The summed E-state index contributed by atoms with van der Waals surface area (Å²) in [6.07, 6.45) is -1.74. The second-order valence-electron chi connectivity index (χ2n) is 3.86. The number of alkyl halides is 3. The third kappa shape index (κ3) is 2.98. The van der Waals surface area contributed by atoms with Crippen molar-refractivity contribution in [3.05, 3.63) is 18.0 Å². The van der Waals surface area contributed by atoms with Gasteiger partial charge >= 0.3 is 6.18 Å². The summed E-state index contributed by atoms with van der Waals surface area (Å²) < 4.78 is 38.0. The van der Waals surface area contributed by atoms with Gasteiger partial charge in [0, 0.05) is 6.20 Å². The smallest absolute Gasteiger partial charge is 0.388 e. The van der Waals surface area contributed by atoms with Crippen LogP contribution in [0.3, 0.4) is 0 Å². The minimum absolute atomic E-state index is 0.0794. The minimum atomic E-state index is -4.38. The zero-order valence-electron chi connectivity index (χ0n) is 9.25. The Hall–Kier alpha value is -1.04. The SMILES string of the molecule is CCC(O)(CC)Cn1cc(C(F)(F)F)cn1. The molecule has 0 saturated carbocycles. The maximum atomic E-state index is 12.3. The molecule has 3 nitrogen and oxygen atoms in total. The summed E-state index contributed by atoms with van der Waals surface area (Å²) in [7, 11) is 0. The molecule has 1 N–H and O–H groups in total. The lowest BCUT2D eigenvalue weighted by molar-refractivity contribution is -0.137. The van der Waals surface area contributed by atoms with Gasteiger partial charge in [0.15, 0.2) is 0 Å². The fourth-order valence-corrected chi connectivity index (χ4v) is 1.37. The van der Waals surface area contributed by atoms with Crippen LogP contribution in [0.15, 0.2) is 12.4 Å². The second-order valence-corrected chi connectivity index (χ2v) is 3.86. The fraction of sp³-hybridized carbons (Fsp3) is 0.700. The van der Waals surface area contributed by atoms with Gasteiger partial charge in [-0.05, 0) is 12.8 Å². The summed E-state index contributed by atoms with van der Waals surface area (Å²) >= 11 is 0. The Kier molecular flexibility index (Phi) is 3.62. The predicted octanol–water partition coefficient (Wildman–Crippen LogP) is 2.45. The highest BCUT2D eigenvalue weighted by Gasteiger charge is 2.33. The van der Waals surface area contributed by atoms with Crippen molar-refractivity contribution in [3.8, 4) is 0 Å². The first-order valence-corrected chi connectivity index (χ1v) is 5.13. The van der Waals surface area contributed by atoms with E-state index in [0.29, 0.717) is 12.8 Å². The fourth-order valence-electron chi connectivity index (χ4n) is 1.37. The molecule has 0 aromatic carbocycles. The standard InChI is InChI=1S/C10H15F3N2O/c1-3-9(16,4-2)7-15-6-8(5-14-15)10(11,12)13/h5-6,16H,3-4,7H2,1-2H3. The van der Waals surface area contributed by atoms with Crippen LogP contribution in [0, 0.1) is 0 Å². The molecular weight excluding hydrogens is 221 g/mol. The highest BCUT2D eigenvalue weighted by Crippen LogP contribution is 2.29. The Morgan fingerprint density at radius 1 is 1.31 bits per heavy atom. The van der Waals surface area contributed by atoms with Crippen molar-refractivity contribution >= 4 is 0 Å². The molecule has 0 radical (unpaired) electrons. The Morgan fingerprint density at radius 3 is 2.25 bits per heavy atom. The van der Waals surface area contributed by atoms with Gasteiger partial charge in [-0.25, -0.2) is 0 Å². The normalized spacial score (nSPS) is 13.1. The lowest BCUT2D eigenvalue weighted by Gasteiger charge is -2.24. The Balaban J connectivity index is 2.80. The minimum Gasteiger partial charge on any atom is -0.388 e. The molecule has 0 spiro atoms. The van der Waals surface area contributed by atoms with Crippen LogP contribution in [0.4, 0.5) is 13.2 Å². The van der Waals surface area contributed by atoms with Gasteiger partial charge in [0.05, 0.1) is 23.9 Å². The summed E-state index contributed by atoms with van der Waals surface area (Å²) in [6.45, 7) is 3.66. The van der Waals surface area contributed by atoms with Crippen molar-refractivity contribution in [3.63, 3.8) is 0 Å². The predicted molar refractivity (Wildman–Crippen MR) is 52.8 cm³/mol. The molecule has 0 unspecified atom stereocenters. The Bertz CT molecular complexity index is 342. The number of hydrogen-bond donors (Lipinski definition) is 1. The van der Waals surface area contributed by atoms with Gasteiger partial charge in [-0.15, -0.1) is 0 Å². The third-order valence-corrected chi connectivity index (χ3v) is 2.73. The lowest BCUT2D eigenvalue weighted by Crippen LogP contribution is -2.32. The molecule has 6 heteroatoms. The first-order chi connectivity index (χ1) is 7.30. The molecule has 0 fully saturated rings. The van der Waals surface area contributed by atoms with Gasteiger partial charge < -0.3 is 5.11 Å². The molecule has 0 amide bonds. The molecule has 1 heterocycles. The quantitative estimate of drug-likeness (QED) is 0.872. The maximum absolute atomic E-state index is 12.3. The zero-order chi connectivity index (χ0) is 12.4. The van der Waals surface area contributed by atoms with E-state index < -0.39 is 17.3 Å². The van der Waals surface area contributed by atoms with Gasteiger partial charge in [0.2, 0.25) is 0 Å². The van der Waals surface area contributed by atoms with E-state index in [2.05, 4.69) is 5.10 Å². The molecule has 0 aliphatic heterocycles. The molecule has 0 saturated heterocycles. The zero-order valence-corrected chi connectivity index (χ0v) is 9.25. The monoisotopic (exact) mass is 236 g/mol. The number of aliphatic hydroxyl groups is 1. The summed E-state index contributed by atoms with van der Waals surface area (Å²) in [5.41, 5.74) is -1.78. The lowest BCUT2D eigenvalue weighted by atomic mass is 9.98. The molecule has 1 rings (SSSR count). The van der Waals surface area contributed by atoms with Crippen molar-refractivity contribution in [2.75, 3.05) is 0 Å². The van der Waals surface area contributed by atoms with E-state index in [1.54, 1.807) is 13.8 Å². The topological polar surface area (TPSA) is 38.0 Å². The number of hydrogen-bond acceptors (Lipinski definition) is 2. The number of halogens is 3. The average molecular weight is 236 g/mol. The number of rotatable bonds is 4. The van der Waals surface area contributed by atoms with Crippen LogP contribution in [0.25, 0.3) is 0 Å². The van der Waals surface area contributed by atoms with Crippen molar-refractivity contribution in [2.45, 2.75) is 45.0 Å². The average Bonchev–Trinajstić information content (AvgIpc) is 2.65. The molecular formula is C10H15F3N2O. The molecule has 0 aliphatic rings. The number of nitrogens with zero attached hydrogens (tertiary/aromatic N) is 2. The maximum Gasteiger partial charge on any atom is 0.419 e. The molecule has 0 aliphatic carbocycles. The third-order valence-electron chi connectivity index (χ3n) is 2.73. The number of aromatic nitrogens is 2. The van der Waals surface area contributed by atoms with E-state index in [9.17, 15) is 18.3 Å². The van der Waals surface area contributed by atoms with Crippen molar-refractivity contribution in [1.82, 2.24) is 9.78 Å². The van der Waals surface area contributed by atoms with Crippen LogP contribution < -0.4 is 0 Å². The van der Waals surface area contributed by atoms with Crippen molar-refractivity contribution < 1.29 is 18.3 Å². The molecule has 1 aromatic heterocycles. The van der Waals surface area contributed by atoms with Gasteiger partial charge in [-0.2, -0.15) is 18.3 Å². The molecule has 0 bridgehead atoms.